The molecule has 0 aliphatic rings. The third-order valence-corrected chi connectivity index (χ3v) is 5.88. The standard InChI is InChI=1S/C19H13BrClFN2O3S/c20-12-8-9-17(22)15(10-12)19(25)23-13-4-3-5-14(11-13)28(26,27)24-18-7-2-1-6-16(18)21/h1-11,24H,(H,23,25). The van der Waals surface area contributed by atoms with E-state index in [0.29, 0.717) is 4.47 Å². The topological polar surface area (TPSA) is 75.3 Å². The molecule has 2 N–H and O–H groups in total. The molecule has 5 nitrogen and oxygen atoms in total. The van der Waals surface area contributed by atoms with Gasteiger partial charge in [-0.05, 0) is 48.5 Å². The highest BCUT2D eigenvalue weighted by molar-refractivity contribution is 9.10. The maximum absolute atomic E-state index is 13.9. The molecular formula is C19H13BrClFN2O3S. The van der Waals surface area contributed by atoms with Gasteiger partial charge in [-0.2, -0.15) is 0 Å². The van der Waals surface area contributed by atoms with Crippen LogP contribution in [-0.4, -0.2) is 14.3 Å². The summed E-state index contributed by atoms with van der Waals surface area (Å²) >= 11 is 9.17. The van der Waals surface area contributed by atoms with Crippen molar-refractivity contribution < 1.29 is 17.6 Å². The SMILES string of the molecule is O=C(Nc1cccc(S(=O)(=O)Nc2ccccc2Cl)c1)c1cc(Br)ccc1F. The monoisotopic (exact) mass is 482 g/mol. The Morgan fingerprint density at radius 2 is 1.75 bits per heavy atom. The lowest BCUT2D eigenvalue weighted by Gasteiger charge is -2.11. The van der Waals surface area contributed by atoms with Gasteiger partial charge >= 0.3 is 0 Å². The fourth-order valence-electron chi connectivity index (χ4n) is 2.36. The summed E-state index contributed by atoms with van der Waals surface area (Å²) in [5, 5.41) is 2.75. The molecule has 3 rings (SSSR count). The minimum Gasteiger partial charge on any atom is -0.322 e. The van der Waals surface area contributed by atoms with Crippen LogP contribution < -0.4 is 10.0 Å². The zero-order valence-corrected chi connectivity index (χ0v) is 17.3. The van der Waals surface area contributed by atoms with Gasteiger partial charge in [0, 0.05) is 10.2 Å². The predicted octanol–water partition coefficient (Wildman–Crippen LogP) is 5.29. The van der Waals surface area contributed by atoms with Crippen molar-refractivity contribution in [2.45, 2.75) is 4.90 Å². The Balaban J connectivity index is 1.85. The molecule has 144 valence electrons. The Kier molecular flexibility index (Phi) is 6.02. The molecule has 0 aliphatic heterocycles. The molecule has 3 aromatic rings. The number of halogens is 3. The van der Waals surface area contributed by atoms with Gasteiger partial charge in [0.15, 0.2) is 0 Å². The minimum atomic E-state index is -3.94. The van der Waals surface area contributed by atoms with E-state index in [2.05, 4.69) is 26.0 Å². The lowest BCUT2D eigenvalue weighted by Crippen LogP contribution is -2.16. The van der Waals surface area contributed by atoms with Crippen molar-refractivity contribution in [3.05, 3.63) is 87.6 Å². The largest absolute Gasteiger partial charge is 0.322 e. The average Bonchev–Trinajstić information content (AvgIpc) is 2.65. The van der Waals surface area contributed by atoms with Crippen LogP contribution in [-0.2, 0) is 10.0 Å². The number of anilines is 2. The van der Waals surface area contributed by atoms with Crippen LogP contribution in [0.5, 0.6) is 0 Å². The van der Waals surface area contributed by atoms with Crippen LogP contribution in [0.2, 0.25) is 5.02 Å². The summed E-state index contributed by atoms with van der Waals surface area (Å²) in [6.45, 7) is 0. The molecule has 0 saturated heterocycles. The first-order valence-electron chi connectivity index (χ1n) is 7.90. The van der Waals surface area contributed by atoms with Gasteiger partial charge in [-0.1, -0.05) is 45.7 Å². The predicted molar refractivity (Wildman–Crippen MR) is 111 cm³/mol. The first kappa shape index (κ1) is 20.3. The van der Waals surface area contributed by atoms with E-state index in [4.69, 9.17) is 11.6 Å². The van der Waals surface area contributed by atoms with E-state index in [0.717, 1.165) is 6.07 Å². The molecule has 0 unspecified atom stereocenters. The highest BCUT2D eigenvalue weighted by Gasteiger charge is 2.18. The molecule has 0 aromatic heterocycles. The number of amides is 1. The number of rotatable bonds is 5. The van der Waals surface area contributed by atoms with Gasteiger partial charge in [-0.3, -0.25) is 9.52 Å². The summed E-state index contributed by atoms with van der Waals surface area (Å²) in [4.78, 5) is 12.2. The fraction of sp³-hybridized carbons (Fsp3) is 0. The highest BCUT2D eigenvalue weighted by atomic mass is 79.9. The Morgan fingerprint density at radius 3 is 2.50 bits per heavy atom. The normalized spacial score (nSPS) is 11.1. The first-order valence-corrected chi connectivity index (χ1v) is 10.6. The molecule has 0 radical (unpaired) electrons. The van der Waals surface area contributed by atoms with Crippen LogP contribution >= 0.6 is 27.5 Å². The molecule has 0 fully saturated rings. The molecule has 0 spiro atoms. The molecule has 1 amide bonds. The second kappa shape index (κ2) is 8.30. The molecule has 0 aliphatic carbocycles. The van der Waals surface area contributed by atoms with Crippen molar-refractivity contribution in [1.29, 1.82) is 0 Å². The third kappa shape index (κ3) is 4.70. The van der Waals surface area contributed by atoms with Gasteiger partial charge in [0.1, 0.15) is 5.82 Å². The van der Waals surface area contributed by atoms with Crippen molar-refractivity contribution >= 4 is 54.8 Å². The molecule has 3 aromatic carbocycles. The smallest absolute Gasteiger partial charge is 0.262 e. The van der Waals surface area contributed by atoms with E-state index < -0.39 is 21.7 Å². The van der Waals surface area contributed by atoms with E-state index in [9.17, 15) is 17.6 Å². The van der Waals surface area contributed by atoms with Crippen LogP contribution in [0.25, 0.3) is 0 Å². The van der Waals surface area contributed by atoms with Gasteiger partial charge in [0.2, 0.25) is 0 Å². The summed E-state index contributed by atoms with van der Waals surface area (Å²) < 4.78 is 42.0. The van der Waals surface area contributed by atoms with Crippen LogP contribution in [0.1, 0.15) is 10.4 Å². The number of sulfonamides is 1. The van der Waals surface area contributed by atoms with Gasteiger partial charge in [0.05, 0.1) is 21.2 Å². The first-order chi connectivity index (χ1) is 13.3. The lowest BCUT2D eigenvalue weighted by atomic mass is 10.2. The zero-order chi connectivity index (χ0) is 20.3. The Labute approximate surface area is 174 Å². The van der Waals surface area contributed by atoms with Crippen LogP contribution in [0.4, 0.5) is 15.8 Å². The quantitative estimate of drug-likeness (QED) is 0.517. The summed E-state index contributed by atoms with van der Waals surface area (Å²) in [7, 11) is -3.94. The summed E-state index contributed by atoms with van der Waals surface area (Å²) in [6, 6.07) is 16.0. The fourth-order valence-corrected chi connectivity index (χ4v) is 4.08. The lowest BCUT2D eigenvalue weighted by molar-refractivity contribution is 0.102. The number of benzene rings is 3. The van der Waals surface area contributed by atoms with Crippen molar-refractivity contribution in [3.63, 3.8) is 0 Å². The summed E-state index contributed by atoms with van der Waals surface area (Å²) in [5.41, 5.74) is 0.262. The second-order valence-corrected chi connectivity index (χ2v) is 8.70. The van der Waals surface area contributed by atoms with Crippen molar-refractivity contribution in [2.24, 2.45) is 0 Å². The Bertz CT molecular complexity index is 1160. The molecule has 0 bridgehead atoms. The molecule has 9 heteroatoms. The van der Waals surface area contributed by atoms with E-state index in [1.54, 1.807) is 18.2 Å². The second-order valence-electron chi connectivity index (χ2n) is 5.69. The van der Waals surface area contributed by atoms with E-state index >= 15 is 0 Å². The number of hydrogen-bond acceptors (Lipinski definition) is 3. The van der Waals surface area contributed by atoms with Crippen LogP contribution in [0, 0.1) is 5.82 Å². The molecule has 0 saturated carbocycles. The van der Waals surface area contributed by atoms with Gasteiger partial charge in [0.25, 0.3) is 15.9 Å². The molecule has 0 atom stereocenters. The minimum absolute atomic E-state index is 0.0834. The molecule has 0 heterocycles. The van der Waals surface area contributed by atoms with Crippen LogP contribution in [0.15, 0.2) is 76.1 Å². The maximum atomic E-state index is 13.9. The number of carbonyl (C=O) groups is 1. The number of carbonyl (C=O) groups excluding carboxylic acids is 1. The number of hydrogen-bond donors (Lipinski definition) is 2. The van der Waals surface area contributed by atoms with Crippen molar-refractivity contribution in [3.8, 4) is 0 Å². The third-order valence-electron chi connectivity index (χ3n) is 3.69. The molecular weight excluding hydrogens is 471 g/mol. The van der Waals surface area contributed by atoms with Crippen molar-refractivity contribution in [1.82, 2.24) is 0 Å². The summed E-state index contributed by atoms with van der Waals surface area (Å²) in [6.07, 6.45) is 0. The Hall–Kier alpha value is -2.42. The van der Waals surface area contributed by atoms with Gasteiger partial charge in [-0.25, -0.2) is 12.8 Å². The summed E-state index contributed by atoms with van der Waals surface area (Å²) in [5.74, 6) is -1.39. The Morgan fingerprint density at radius 1 is 1.00 bits per heavy atom. The molecule has 28 heavy (non-hydrogen) atoms. The maximum Gasteiger partial charge on any atom is 0.262 e. The van der Waals surface area contributed by atoms with E-state index in [1.165, 1.54) is 42.5 Å². The van der Waals surface area contributed by atoms with Crippen molar-refractivity contribution in [2.75, 3.05) is 10.0 Å². The highest BCUT2D eigenvalue weighted by Crippen LogP contribution is 2.25. The van der Waals surface area contributed by atoms with Gasteiger partial charge < -0.3 is 5.32 Å². The van der Waals surface area contributed by atoms with E-state index in [1.807, 2.05) is 0 Å². The van der Waals surface area contributed by atoms with E-state index in [-0.39, 0.29) is 26.9 Å². The average molecular weight is 484 g/mol. The number of para-hydroxylation sites is 1. The van der Waals surface area contributed by atoms with Crippen LogP contribution in [0.3, 0.4) is 0 Å². The van der Waals surface area contributed by atoms with Gasteiger partial charge in [-0.15, -0.1) is 0 Å². The zero-order valence-electron chi connectivity index (χ0n) is 14.1. The number of nitrogens with one attached hydrogen (secondary N) is 2.